The maximum atomic E-state index is 13.4. The summed E-state index contributed by atoms with van der Waals surface area (Å²) in [6.07, 6.45) is -0.756. The molecule has 186 valence electrons. The van der Waals surface area contributed by atoms with Gasteiger partial charge in [-0.1, -0.05) is 24.3 Å². The van der Waals surface area contributed by atoms with Crippen LogP contribution in [0.25, 0.3) is 0 Å². The Hall–Kier alpha value is -4.61. The number of amides is 1. The molecular formula is C24H19F2N3O7. The van der Waals surface area contributed by atoms with Gasteiger partial charge in [-0.15, -0.1) is 20.2 Å². The molecule has 10 nitrogen and oxygen atoms in total. The van der Waals surface area contributed by atoms with E-state index in [1.165, 1.54) is 53.4 Å². The Morgan fingerprint density at radius 3 is 2.00 bits per heavy atom. The van der Waals surface area contributed by atoms with Gasteiger partial charge in [-0.25, -0.2) is 8.78 Å². The topological polar surface area (TPSA) is 125 Å². The van der Waals surface area contributed by atoms with Crippen molar-refractivity contribution >= 4 is 11.6 Å². The second-order valence-electron chi connectivity index (χ2n) is 8.07. The summed E-state index contributed by atoms with van der Waals surface area (Å²) in [5.74, 6) is -1.88. The van der Waals surface area contributed by atoms with Crippen LogP contribution in [0.1, 0.15) is 36.1 Å². The van der Waals surface area contributed by atoms with Gasteiger partial charge in [0.1, 0.15) is 23.5 Å². The molecule has 3 aromatic carbocycles. The van der Waals surface area contributed by atoms with Gasteiger partial charge in [0, 0.05) is 5.69 Å². The molecule has 2 unspecified atom stereocenters. The molecule has 1 aliphatic heterocycles. The summed E-state index contributed by atoms with van der Waals surface area (Å²) in [7, 11) is 0. The van der Waals surface area contributed by atoms with Crippen LogP contribution in [0.3, 0.4) is 0 Å². The number of rotatable bonds is 10. The molecule has 3 aromatic rings. The summed E-state index contributed by atoms with van der Waals surface area (Å²) in [6.45, 7) is 0. The average Bonchev–Trinajstić information content (AvgIpc) is 2.83. The van der Waals surface area contributed by atoms with Gasteiger partial charge in [-0.2, -0.15) is 0 Å². The molecule has 36 heavy (non-hydrogen) atoms. The standard InChI is InChI=1S/C24H19F2N3O7/c25-17-5-1-15(2-6-17)22(36-29(33)34)14-13-21-23(16-3-11-20(12-4-16)35-28(31)32)27(24(21)30)19-9-7-18(26)8-10-19/h1-12,21-23H,13-14H2/t21?,22-,23?/m0/s1. The number of halogens is 2. The van der Waals surface area contributed by atoms with Gasteiger partial charge < -0.3 is 9.74 Å². The van der Waals surface area contributed by atoms with Crippen LogP contribution < -0.4 is 9.74 Å². The van der Waals surface area contributed by atoms with Gasteiger partial charge >= 0.3 is 0 Å². The van der Waals surface area contributed by atoms with Crippen LogP contribution in [-0.2, 0) is 9.63 Å². The van der Waals surface area contributed by atoms with E-state index in [4.69, 9.17) is 4.84 Å². The fourth-order valence-corrected chi connectivity index (χ4v) is 4.31. The minimum absolute atomic E-state index is 0.00459. The van der Waals surface area contributed by atoms with Gasteiger partial charge in [-0.3, -0.25) is 9.63 Å². The Morgan fingerprint density at radius 1 is 0.861 bits per heavy atom. The summed E-state index contributed by atoms with van der Waals surface area (Å²) in [5.41, 5.74) is 1.46. The quantitative estimate of drug-likeness (QED) is 0.219. The number of anilines is 1. The first kappa shape index (κ1) is 24.5. The molecule has 4 rings (SSSR count). The van der Waals surface area contributed by atoms with Crippen molar-refractivity contribution in [1.29, 1.82) is 0 Å². The van der Waals surface area contributed by atoms with Gasteiger partial charge in [-0.05, 0) is 72.5 Å². The first-order chi connectivity index (χ1) is 17.2. The van der Waals surface area contributed by atoms with E-state index < -0.39 is 39.9 Å². The number of hydrogen-bond acceptors (Lipinski definition) is 7. The highest BCUT2D eigenvalue weighted by Crippen LogP contribution is 2.46. The number of carbonyl (C=O) groups is 1. The Kier molecular flexibility index (Phi) is 7.04. The third-order valence-corrected chi connectivity index (χ3v) is 5.92. The Balaban J connectivity index is 1.59. The van der Waals surface area contributed by atoms with E-state index in [0.29, 0.717) is 16.8 Å². The molecule has 0 radical (unpaired) electrons. The summed E-state index contributed by atoms with van der Waals surface area (Å²) in [4.78, 5) is 45.5. The van der Waals surface area contributed by atoms with Crippen molar-refractivity contribution in [3.63, 3.8) is 0 Å². The van der Waals surface area contributed by atoms with Crippen molar-refractivity contribution in [2.75, 3.05) is 4.90 Å². The first-order valence-corrected chi connectivity index (χ1v) is 10.8. The van der Waals surface area contributed by atoms with E-state index in [-0.39, 0.29) is 24.5 Å². The normalized spacial score (nSPS) is 17.7. The molecule has 1 saturated heterocycles. The van der Waals surface area contributed by atoms with Crippen molar-refractivity contribution in [1.82, 2.24) is 0 Å². The molecule has 1 aliphatic rings. The molecule has 12 heteroatoms. The molecule has 0 spiro atoms. The maximum absolute atomic E-state index is 13.4. The monoisotopic (exact) mass is 499 g/mol. The lowest BCUT2D eigenvalue weighted by Crippen LogP contribution is -2.55. The maximum Gasteiger partial charge on any atom is 0.299 e. The second kappa shape index (κ2) is 10.3. The molecule has 0 aliphatic carbocycles. The van der Waals surface area contributed by atoms with Crippen LogP contribution in [0.2, 0.25) is 0 Å². The van der Waals surface area contributed by atoms with Crippen LogP contribution in [0.15, 0.2) is 72.8 Å². The van der Waals surface area contributed by atoms with E-state index in [9.17, 15) is 33.8 Å². The lowest BCUT2D eigenvalue weighted by atomic mass is 9.78. The highest BCUT2D eigenvalue weighted by molar-refractivity contribution is 6.03. The van der Waals surface area contributed by atoms with Gasteiger partial charge in [0.05, 0.1) is 12.0 Å². The molecule has 0 saturated carbocycles. The van der Waals surface area contributed by atoms with E-state index in [0.717, 1.165) is 12.1 Å². The van der Waals surface area contributed by atoms with Crippen LogP contribution >= 0.6 is 0 Å². The number of hydrogen-bond donors (Lipinski definition) is 0. The molecule has 1 amide bonds. The lowest BCUT2D eigenvalue weighted by Gasteiger charge is -2.48. The fourth-order valence-electron chi connectivity index (χ4n) is 4.31. The molecule has 0 bridgehead atoms. The fraction of sp³-hybridized carbons (Fsp3) is 0.208. The average molecular weight is 499 g/mol. The van der Waals surface area contributed by atoms with Gasteiger partial charge in [0.15, 0.2) is 0 Å². The Labute approximate surface area is 202 Å². The highest BCUT2D eigenvalue weighted by Gasteiger charge is 2.48. The predicted octanol–water partition coefficient (Wildman–Crippen LogP) is 4.97. The molecular weight excluding hydrogens is 480 g/mol. The van der Waals surface area contributed by atoms with Gasteiger partial charge in [0.25, 0.3) is 10.2 Å². The minimum atomic E-state index is -1.02. The number of carbonyl (C=O) groups excluding carboxylic acids is 1. The number of benzene rings is 3. The molecule has 3 atom stereocenters. The van der Waals surface area contributed by atoms with Crippen LogP contribution in [-0.4, -0.2) is 16.1 Å². The van der Waals surface area contributed by atoms with Crippen LogP contribution in [0, 0.1) is 37.8 Å². The highest BCUT2D eigenvalue weighted by atomic mass is 19.1. The van der Waals surface area contributed by atoms with E-state index in [1.807, 2.05) is 0 Å². The SMILES string of the molecule is O=C1C(CC[C@H](O[N+](=O)[O-])c2ccc(F)cc2)C(c2ccc(O[N+](=O)[O-])cc2)N1c1ccc(F)cc1. The zero-order valence-electron chi connectivity index (χ0n) is 18.5. The third-order valence-electron chi connectivity index (χ3n) is 5.92. The Morgan fingerprint density at radius 2 is 1.44 bits per heavy atom. The van der Waals surface area contributed by atoms with E-state index >= 15 is 0 Å². The first-order valence-electron chi connectivity index (χ1n) is 10.8. The van der Waals surface area contributed by atoms with Crippen molar-refractivity contribution in [2.45, 2.75) is 25.0 Å². The molecule has 0 aromatic heterocycles. The molecule has 1 fully saturated rings. The summed E-state index contributed by atoms with van der Waals surface area (Å²) in [6, 6.07) is 15.8. The number of nitrogens with zero attached hydrogens (tertiary/aromatic N) is 3. The minimum Gasteiger partial charge on any atom is -0.306 e. The largest absolute Gasteiger partial charge is 0.306 e. The Bertz CT molecular complexity index is 1250. The predicted molar refractivity (Wildman–Crippen MR) is 121 cm³/mol. The lowest BCUT2D eigenvalue weighted by molar-refractivity contribution is -0.771. The summed E-state index contributed by atoms with van der Waals surface area (Å²) < 4.78 is 26.8. The van der Waals surface area contributed by atoms with Gasteiger partial charge in [0.2, 0.25) is 5.91 Å². The van der Waals surface area contributed by atoms with Crippen LogP contribution in [0.4, 0.5) is 14.5 Å². The summed E-state index contributed by atoms with van der Waals surface area (Å²) >= 11 is 0. The van der Waals surface area contributed by atoms with E-state index in [2.05, 4.69) is 4.84 Å². The van der Waals surface area contributed by atoms with Crippen molar-refractivity contribution < 1.29 is 33.4 Å². The van der Waals surface area contributed by atoms with Crippen molar-refractivity contribution in [3.8, 4) is 5.75 Å². The van der Waals surface area contributed by atoms with Crippen molar-refractivity contribution in [2.24, 2.45) is 5.92 Å². The zero-order valence-corrected chi connectivity index (χ0v) is 18.5. The van der Waals surface area contributed by atoms with Crippen molar-refractivity contribution in [3.05, 3.63) is 116 Å². The summed E-state index contributed by atoms with van der Waals surface area (Å²) in [5, 5.41) is 19.8. The third kappa shape index (κ3) is 5.37. The van der Waals surface area contributed by atoms with E-state index in [1.54, 1.807) is 12.1 Å². The number of β-lactam (4-membered cyclic amide) rings is 1. The second-order valence-corrected chi connectivity index (χ2v) is 8.07. The zero-order chi connectivity index (χ0) is 25.8. The smallest absolute Gasteiger partial charge is 0.299 e. The molecule has 1 heterocycles. The van der Waals surface area contributed by atoms with Crippen LogP contribution in [0.5, 0.6) is 5.75 Å². The molecule has 0 N–H and O–H groups in total.